The molecule has 0 fully saturated rings. The lowest BCUT2D eigenvalue weighted by atomic mass is 10.0. The van der Waals surface area contributed by atoms with Crippen molar-refractivity contribution >= 4 is 29.0 Å². The van der Waals surface area contributed by atoms with Crippen molar-refractivity contribution in [3.63, 3.8) is 0 Å². The Balaban J connectivity index is 1.61. The van der Waals surface area contributed by atoms with Crippen molar-refractivity contribution in [1.29, 1.82) is 0 Å². The fraction of sp³-hybridized carbons (Fsp3) is 0.0909. The molecule has 0 saturated heterocycles. The summed E-state index contributed by atoms with van der Waals surface area (Å²) in [5.74, 6) is -0.477. The standard InChI is InChI=1S/C22H17ClFNO3/c1-14(22(27)25-19-10-6-17(23)7-11-19)28-20-12-4-16(5-13-20)21(26)15-2-8-18(24)9-3-15/h2-14H,1H3,(H,25,27)/t14-/m0/s1. The van der Waals surface area contributed by atoms with Crippen LogP contribution in [0.2, 0.25) is 5.02 Å². The molecule has 0 unspecified atom stereocenters. The van der Waals surface area contributed by atoms with Crippen LogP contribution in [-0.4, -0.2) is 17.8 Å². The van der Waals surface area contributed by atoms with Crippen molar-refractivity contribution < 1.29 is 18.7 Å². The van der Waals surface area contributed by atoms with Gasteiger partial charge in [0.05, 0.1) is 0 Å². The van der Waals surface area contributed by atoms with Gasteiger partial charge in [0.15, 0.2) is 11.9 Å². The number of carbonyl (C=O) groups is 2. The van der Waals surface area contributed by atoms with Crippen LogP contribution in [0.3, 0.4) is 0 Å². The number of anilines is 1. The number of ether oxygens (including phenoxy) is 1. The van der Waals surface area contributed by atoms with Crippen molar-refractivity contribution in [2.75, 3.05) is 5.32 Å². The van der Waals surface area contributed by atoms with Crippen molar-refractivity contribution in [3.8, 4) is 5.75 Å². The fourth-order valence-corrected chi connectivity index (χ4v) is 2.61. The molecule has 1 N–H and O–H groups in total. The Morgan fingerprint density at radius 3 is 2.00 bits per heavy atom. The van der Waals surface area contributed by atoms with Gasteiger partial charge in [0.25, 0.3) is 5.91 Å². The maximum Gasteiger partial charge on any atom is 0.265 e. The molecule has 0 radical (unpaired) electrons. The summed E-state index contributed by atoms with van der Waals surface area (Å²) in [6.07, 6.45) is -0.741. The van der Waals surface area contributed by atoms with E-state index in [1.165, 1.54) is 24.3 Å². The van der Waals surface area contributed by atoms with Crippen LogP contribution in [0.5, 0.6) is 5.75 Å². The topological polar surface area (TPSA) is 55.4 Å². The molecule has 0 bridgehead atoms. The molecule has 3 rings (SSSR count). The van der Waals surface area contributed by atoms with Crippen molar-refractivity contribution in [2.45, 2.75) is 13.0 Å². The van der Waals surface area contributed by atoms with Crippen LogP contribution in [0.4, 0.5) is 10.1 Å². The molecular weight excluding hydrogens is 381 g/mol. The molecule has 4 nitrogen and oxygen atoms in total. The first-order chi connectivity index (χ1) is 13.4. The minimum atomic E-state index is -0.741. The molecule has 0 aliphatic carbocycles. The smallest absolute Gasteiger partial charge is 0.265 e. The van der Waals surface area contributed by atoms with E-state index in [0.29, 0.717) is 27.6 Å². The second-order valence-electron chi connectivity index (χ2n) is 6.12. The third kappa shape index (κ3) is 4.96. The molecule has 0 spiro atoms. The van der Waals surface area contributed by atoms with E-state index in [0.717, 1.165) is 0 Å². The SMILES string of the molecule is C[C@H](Oc1ccc(C(=O)c2ccc(F)cc2)cc1)C(=O)Nc1ccc(Cl)cc1. The highest BCUT2D eigenvalue weighted by Gasteiger charge is 2.15. The number of halogens is 2. The van der Waals surface area contributed by atoms with Gasteiger partial charge in [-0.05, 0) is 79.7 Å². The summed E-state index contributed by atoms with van der Waals surface area (Å²) >= 11 is 5.82. The summed E-state index contributed by atoms with van der Waals surface area (Å²) < 4.78 is 18.6. The van der Waals surface area contributed by atoms with Crippen LogP contribution in [-0.2, 0) is 4.79 Å². The summed E-state index contributed by atoms with van der Waals surface area (Å²) in [7, 11) is 0. The molecule has 0 aromatic heterocycles. The van der Waals surface area contributed by atoms with Gasteiger partial charge in [0.2, 0.25) is 0 Å². The van der Waals surface area contributed by atoms with E-state index in [9.17, 15) is 14.0 Å². The number of hydrogen-bond donors (Lipinski definition) is 1. The zero-order chi connectivity index (χ0) is 20.1. The third-order valence-electron chi connectivity index (χ3n) is 4.02. The Labute approximate surface area is 166 Å². The molecule has 0 heterocycles. The molecule has 1 amide bonds. The van der Waals surface area contributed by atoms with Crippen molar-refractivity contribution in [3.05, 3.63) is 94.8 Å². The Hall–Kier alpha value is -3.18. The number of benzene rings is 3. The molecule has 142 valence electrons. The Kier molecular flexibility index (Phi) is 6.06. The van der Waals surface area contributed by atoms with Crippen molar-refractivity contribution in [1.82, 2.24) is 0 Å². The second-order valence-corrected chi connectivity index (χ2v) is 6.55. The average molecular weight is 398 g/mol. The van der Waals surface area contributed by atoms with Crippen LogP contribution < -0.4 is 10.1 Å². The Morgan fingerprint density at radius 2 is 1.43 bits per heavy atom. The Bertz CT molecular complexity index is 970. The number of carbonyl (C=O) groups excluding carboxylic acids is 2. The summed E-state index contributed by atoms with van der Waals surface area (Å²) in [6.45, 7) is 1.63. The lowest BCUT2D eigenvalue weighted by Gasteiger charge is -2.15. The first kappa shape index (κ1) is 19.6. The molecule has 3 aromatic rings. The average Bonchev–Trinajstić information content (AvgIpc) is 2.70. The van der Waals surface area contributed by atoms with Gasteiger partial charge in [-0.3, -0.25) is 9.59 Å². The quantitative estimate of drug-likeness (QED) is 0.587. The molecule has 1 atom stereocenters. The zero-order valence-electron chi connectivity index (χ0n) is 15.0. The van der Waals surface area contributed by atoms with Gasteiger partial charge in [0.1, 0.15) is 11.6 Å². The molecular formula is C22H17ClFNO3. The summed E-state index contributed by atoms with van der Waals surface area (Å²) in [5, 5.41) is 3.32. The first-order valence-electron chi connectivity index (χ1n) is 8.56. The lowest BCUT2D eigenvalue weighted by Crippen LogP contribution is -2.30. The van der Waals surface area contributed by atoms with Crippen LogP contribution in [0.25, 0.3) is 0 Å². The molecule has 28 heavy (non-hydrogen) atoms. The van der Waals surface area contributed by atoms with E-state index in [-0.39, 0.29) is 11.7 Å². The largest absolute Gasteiger partial charge is 0.481 e. The first-order valence-corrected chi connectivity index (χ1v) is 8.93. The maximum atomic E-state index is 13.0. The van der Waals surface area contributed by atoms with Gasteiger partial charge in [0, 0.05) is 21.8 Å². The number of rotatable bonds is 6. The predicted molar refractivity (Wildman–Crippen MR) is 106 cm³/mol. The maximum absolute atomic E-state index is 13.0. The van der Waals surface area contributed by atoms with E-state index < -0.39 is 11.9 Å². The Morgan fingerprint density at radius 1 is 0.893 bits per heavy atom. The lowest BCUT2D eigenvalue weighted by molar-refractivity contribution is -0.122. The van der Waals surface area contributed by atoms with Crippen LogP contribution in [0.1, 0.15) is 22.8 Å². The van der Waals surface area contributed by atoms with E-state index in [1.54, 1.807) is 55.5 Å². The zero-order valence-corrected chi connectivity index (χ0v) is 15.7. The molecule has 0 aliphatic heterocycles. The van der Waals surface area contributed by atoms with E-state index in [4.69, 9.17) is 16.3 Å². The normalized spacial score (nSPS) is 11.5. The minimum Gasteiger partial charge on any atom is -0.481 e. The van der Waals surface area contributed by atoms with Crippen LogP contribution >= 0.6 is 11.6 Å². The number of hydrogen-bond acceptors (Lipinski definition) is 3. The van der Waals surface area contributed by atoms with E-state index >= 15 is 0 Å². The summed E-state index contributed by atoms with van der Waals surface area (Å²) in [4.78, 5) is 24.6. The van der Waals surface area contributed by atoms with E-state index in [1.807, 2.05) is 0 Å². The minimum absolute atomic E-state index is 0.222. The fourth-order valence-electron chi connectivity index (χ4n) is 2.49. The highest BCUT2D eigenvalue weighted by molar-refractivity contribution is 6.30. The van der Waals surface area contributed by atoms with E-state index in [2.05, 4.69) is 5.32 Å². The highest BCUT2D eigenvalue weighted by atomic mass is 35.5. The monoisotopic (exact) mass is 397 g/mol. The second kappa shape index (κ2) is 8.67. The highest BCUT2D eigenvalue weighted by Crippen LogP contribution is 2.18. The van der Waals surface area contributed by atoms with Crippen molar-refractivity contribution in [2.24, 2.45) is 0 Å². The molecule has 6 heteroatoms. The van der Waals surface area contributed by atoms with Gasteiger partial charge < -0.3 is 10.1 Å². The third-order valence-corrected chi connectivity index (χ3v) is 4.27. The van der Waals surface area contributed by atoms with Crippen LogP contribution in [0, 0.1) is 5.82 Å². The molecule has 3 aromatic carbocycles. The number of nitrogens with one attached hydrogen (secondary N) is 1. The summed E-state index contributed by atoms with van der Waals surface area (Å²) in [6, 6.07) is 18.5. The van der Waals surface area contributed by atoms with Gasteiger partial charge in [-0.15, -0.1) is 0 Å². The van der Waals surface area contributed by atoms with Gasteiger partial charge >= 0.3 is 0 Å². The predicted octanol–water partition coefficient (Wildman–Crippen LogP) is 5.12. The van der Waals surface area contributed by atoms with Gasteiger partial charge in [-0.1, -0.05) is 11.6 Å². The summed E-state index contributed by atoms with van der Waals surface area (Å²) in [5.41, 5.74) is 1.45. The van der Waals surface area contributed by atoms with Gasteiger partial charge in [-0.25, -0.2) is 4.39 Å². The molecule has 0 saturated carbocycles. The van der Waals surface area contributed by atoms with Gasteiger partial charge in [-0.2, -0.15) is 0 Å². The number of amides is 1. The number of ketones is 1. The van der Waals surface area contributed by atoms with Crippen LogP contribution in [0.15, 0.2) is 72.8 Å². The molecule has 0 aliphatic rings.